The smallest absolute Gasteiger partial charge is 0.221 e. The number of thioether (sulfide) groups is 1. The maximum atomic E-state index is 12.2. The second-order valence-electron chi connectivity index (χ2n) is 5.69. The van der Waals surface area contributed by atoms with Gasteiger partial charge in [0.25, 0.3) is 0 Å². The molecule has 1 amide bonds. The molecule has 0 bridgehead atoms. The van der Waals surface area contributed by atoms with Crippen molar-refractivity contribution in [2.24, 2.45) is 0 Å². The zero-order valence-electron chi connectivity index (χ0n) is 15.0. The maximum absolute atomic E-state index is 12.2. The van der Waals surface area contributed by atoms with Gasteiger partial charge in [-0.3, -0.25) is 4.79 Å². The van der Waals surface area contributed by atoms with E-state index in [0.29, 0.717) is 6.42 Å². The van der Waals surface area contributed by atoms with Crippen LogP contribution in [0, 0.1) is 0 Å². The van der Waals surface area contributed by atoms with Crippen LogP contribution >= 0.6 is 11.8 Å². The van der Waals surface area contributed by atoms with Crippen molar-refractivity contribution in [3.05, 3.63) is 59.7 Å². The summed E-state index contributed by atoms with van der Waals surface area (Å²) in [7, 11) is 3.25. The SMILES string of the molecule is COc1ccc(OC)c(C(C)NC(=O)CCSCc2ccccc2)c1. The first kappa shape index (κ1) is 19.2. The number of hydrogen-bond acceptors (Lipinski definition) is 4. The summed E-state index contributed by atoms with van der Waals surface area (Å²) in [5.74, 6) is 3.25. The summed E-state index contributed by atoms with van der Waals surface area (Å²) in [6, 6.07) is 15.7. The highest BCUT2D eigenvalue weighted by atomic mass is 32.2. The lowest BCUT2D eigenvalue weighted by Gasteiger charge is -2.18. The molecule has 25 heavy (non-hydrogen) atoms. The molecule has 1 unspecified atom stereocenters. The van der Waals surface area contributed by atoms with Gasteiger partial charge in [0.1, 0.15) is 11.5 Å². The van der Waals surface area contributed by atoms with Gasteiger partial charge in [-0.15, -0.1) is 0 Å². The lowest BCUT2D eigenvalue weighted by atomic mass is 10.1. The number of ether oxygens (including phenoxy) is 2. The summed E-state index contributed by atoms with van der Waals surface area (Å²) < 4.78 is 10.6. The number of hydrogen-bond donors (Lipinski definition) is 1. The number of carbonyl (C=O) groups excluding carboxylic acids is 1. The van der Waals surface area contributed by atoms with E-state index in [1.54, 1.807) is 26.0 Å². The van der Waals surface area contributed by atoms with Crippen molar-refractivity contribution in [1.82, 2.24) is 5.32 Å². The molecule has 1 atom stereocenters. The summed E-state index contributed by atoms with van der Waals surface area (Å²) in [4.78, 5) is 12.2. The largest absolute Gasteiger partial charge is 0.497 e. The van der Waals surface area contributed by atoms with Crippen molar-refractivity contribution in [2.75, 3.05) is 20.0 Å². The van der Waals surface area contributed by atoms with Crippen molar-refractivity contribution in [2.45, 2.75) is 25.1 Å². The van der Waals surface area contributed by atoms with E-state index in [9.17, 15) is 4.79 Å². The molecular formula is C20H25NO3S. The number of rotatable bonds is 9. The van der Waals surface area contributed by atoms with Crippen LogP contribution < -0.4 is 14.8 Å². The molecule has 0 aromatic heterocycles. The lowest BCUT2D eigenvalue weighted by Crippen LogP contribution is -2.27. The van der Waals surface area contributed by atoms with Gasteiger partial charge in [0.2, 0.25) is 5.91 Å². The summed E-state index contributed by atoms with van der Waals surface area (Å²) >= 11 is 1.77. The first-order valence-corrected chi connectivity index (χ1v) is 9.42. The highest BCUT2D eigenvalue weighted by Crippen LogP contribution is 2.29. The Kier molecular flexibility index (Phi) is 7.67. The molecule has 5 heteroatoms. The molecule has 0 aliphatic rings. The van der Waals surface area contributed by atoms with Crippen molar-refractivity contribution >= 4 is 17.7 Å². The summed E-state index contributed by atoms with van der Waals surface area (Å²) in [5, 5.41) is 3.03. The molecule has 0 aliphatic carbocycles. The Morgan fingerprint density at radius 3 is 2.56 bits per heavy atom. The van der Waals surface area contributed by atoms with Gasteiger partial charge in [0.05, 0.1) is 20.3 Å². The average Bonchev–Trinajstić information content (AvgIpc) is 2.65. The predicted octanol–water partition coefficient (Wildman–Crippen LogP) is 4.20. The molecular weight excluding hydrogens is 334 g/mol. The minimum Gasteiger partial charge on any atom is -0.497 e. The first-order valence-electron chi connectivity index (χ1n) is 8.27. The third-order valence-electron chi connectivity index (χ3n) is 3.87. The summed E-state index contributed by atoms with van der Waals surface area (Å²) in [5.41, 5.74) is 2.19. The number of nitrogens with one attached hydrogen (secondary N) is 1. The molecule has 0 saturated carbocycles. The molecule has 0 spiro atoms. The normalized spacial score (nSPS) is 11.6. The molecule has 0 aliphatic heterocycles. The second kappa shape index (κ2) is 9.99. The predicted molar refractivity (Wildman–Crippen MR) is 103 cm³/mol. The van der Waals surface area contributed by atoms with Crippen LogP contribution in [0.2, 0.25) is 0 Å². The van der Waals surface area contributed by atoms with Gasteiger partial charge in [-0.2, -0.15) is 11.8 Å². The monoisotopic (exact) mass is 359 g/mol. The quantitative estimate of drug-likeness (QED) is 0.682. The van der Waals surface area contributed by atoms with Gasteiger partial charge in [0, 0.05) is 23.5 Å². The molecule has 2 rings (SSSR count). The molecule has 0 saturated heterocycles. The third kappa shape index (κ3) is 6.02. The van der Waals surface area contributed by atoms with Gasteiger partial charge >= 0.3 is 0 Å². The Bertz CT molecular complexity index is 676. The van der Waals surface area contributed by atoms with E-state index < -0.39 is 0 Å². The van der Waals surface area contributed by atoms with Crippen molar-refractivity contribution in [1.29, 1.82) is 0 Å². The van der Waals surface area contributed by atoms with Crippen LogP contribution in [-0.4, -0.2) is 25.9 Å². The van der Waals surface area contributed by atoms with Crippen LogP contribution in [0.1, 0.15) is 30.5 Å². The Labute approximate surface area is 153 Å². The zero-order valence-corrected chi connectivity index (χ0v) is 15.8. The van der Waals surface area contributed by atoms with E-state index in [0.717, 1.165) is 28.6 Å². The number of benzene rings is 2. The van der Waals surface area contributed by atoms with Crippen LogP contribution in [0.3, 0.4) is 0 Å². The minimum atomic E-state index is -0.142. The number of amides is 1. The van der Waals surface area contributed by atoms with E-state index in [1.165, 1.54) is 5.56 Å². The van der Waals surface area contributed by atoms with Crippen molar-refractivity contribution in [3.63, 3.8) is 0 Å². The van der Waals surface area contributed by atoms with E-state index in [2.05, 4.69) is 17.4 Å². The molecule has 4 nitrogen and oxygen atoms in total. The molecule has 0 fully saturated rings. The van der Waals surface area contributed by atoms with E-state index in [4.69, 9.17) is 9.47 Å². The zero-order chi connectivity index (χ0) is 18.1. The Hall–Kier alpha value is -2.14. The van der Waals surface area contributed by atoms with E-state index in [-0.39, 0.29) is 11.9 Å². The molecule has 0 heterocycles. The summed E-state index contributed by atoms with van der Waals surface area (Å²) in [6.45, 7) is 1.95. The van der Waals surface area contributed by atoms with Gasteiger partial charge in [0.15, 0.2) is 0 Å². The minimum absolute atomic E-state index is 0.0398. The fourth-order valence-corrected chi connectivity index (χ4v) is 3.40. The Balaban J connectivity index is 1.81. The number of carbonyl (C=O) groups is 1. The van der Waals surface area contributed by atoms with Crippen LogP contribution in [0.15, 0.2) is 48.5 Å². The topological polar surface area (TPSA) is 47.6 Å². The molecule has 2 aromatic rings. The Morgan fingerprint density at radius 2 is 1.88 bits per heavy atom. The third-order valence-corrected chi connectivity index (χ3v) is 4.90. The van der Waals surface area contributed by atoms with E-state index >= 15 is 0 Å². The average molecular weight is 359 g/mol. The summed E-state index contributed by atoms with van der Waals surface area (Å²) in [6.07, 6.45) is 0.494. The first-order chi connectivity index (χ1) is 12.1. The highest BCUT2D eigenvalue weighted by molar-refractivity contribution is 7.98. The maximum Gasteiger partial charge on any atom is 0.221 e. The van der Waals surface area contributed by atoms with E-state index in [1.807, 2.05) is 43.3 Å². The lowest BCUT2D eigenvalue weighted by molar-refractivity contribution is -0.121. The molecule has 0 radical (unpaired) electrons. The fraction of sp³-hybridized carbons (Fsp3) is 0.350. The standard InChI is InChI=1S/C20H25NO3S/c1-15(18-13-17(23-2)9-10-19(18)24-3)21-20(22)11-12-25-14-16-7-5-4-6-8-16/h4-10,13,15H,11-12,14H2,1-3H3,(H,21,22). The highest BCUT2D eigenvalue weighted by Gasteiger charge is 2.15. The van der Waals surface area contributed by atoms with Crippen molar-refractivity contribution in [3.8, 4) is 11.5 Å². The number of methoxy groups -OCH3 is 2. The molecule has 1 N–H and O–H groups in total. The van der Waals surface area contributed by atoms with Gasteiger partial charge in [-0.25, -0.2) is 0 Å². The molecule has 134 valence electrons. The van der Waals surface area contributed by atoms with Gasteiger partial charge in [-0.1, -0.05) is 30.3 Å². The second-order valence-corrected chi connectivity index (χ2v) is 6.79. The van der Waals surface area contributed by atoms with Crippen molar-refractivity contribution < 1.29 is 14.3 Å². The van der Waals surface area contributed by atoms with Crippen LogP contribution in [0.5, 0.6) is 11.5 Å². The fourth-order valence-electron chi connectivity index (χ4n) is 2.50. The van der Waals surface area contributed by atoms with Crippen LogP contribution in [0.25, 0.3) is 0 Å². The van der Waals surface area contributed by atoms with Crippen LogP contribution in [-0.2, 0) is 10.5 Å². The van der Waals surface area contributed by atoms with Crippen LogP contribution in [0.4, 0.5) is 0 Å². The van der Waals surface area contributed by atoms with Gasteiger partial charge < -0.3 is 14.8 Å². The molecule has 2 aromatic carbocycles. The van der Waals surface area contributed by atoms with Gasteiger partial charge in [-0.05, 0) is 30.7 Å². The Morgan fingerprint density at radius 1 is 1.12 bits per heavy atom.